The number of nitrogens with one attached hydrogen (secondary N) is 3. The molecular weight excluding hydrogens is 588 g/mol. The van der Waals surface area contributed by atoms with Crippen LogP contribution in [-0.2, 0) is 14.8 Å². The number of amides is 2. The maximum Gasteiger partial charge on any atom is 0.417 e. The summed E-state index contributed by atoms with van der Waals surface area (Å²) in [6.07, 6.45) is 0.0752. The summed E-state index contributed by atoms with van der Waals surface area (Å²) >= 11 is 1.31. The predicted molar refractivity (Wildman–Crippen MR) is 169 cm³/mol. The Morgan fingerprint density at radius 2 is 1.51 bits per heavy atom. The molecule has 3 aromatic carbocycles. The molecule has 4 aromatic rings. The molecule has 0 radical (unpaired) electrons. The van der Waals surface area contributed by atoms with Gasteiger partial charge in [-0.25, -0.2) is 27.7 Å². The number of thiazole rings is 1. The van der Waals surface area contributed by atoms with Crippen LogP contribution in [0.15, 0.2) is 77.8 Å². The van der Waals surface area contributed by atoms with Gasteiger partial charge in [-0.1, -0.05) is 23.8 Å². The van der Waals surface area contributed by atoms with Crippen LogP contribution in [0, 0.1) is 6.92 Å². The maximum absolute atomic E-state index is 13.6. The Morgan fingerprint density at radius 3 is 2.14 bits per heavy atom. The molecule has 226 valence electrons. The lowest BCUT2D eigenvalue weighted by Crippen LogP contribution is -2.40. The molecule has 2 amide bonds. The lowest BCUT2D eigenvalue weighted by molar-refractivity contribution is 0.130. The molecule has 0 fully saturated rings. The fourth-order valence-corrected chi connectivity index (χ4v) is 6.62. The number of nitrogens with zero attached hydrogens (tertiary/aromatic N) is 1. The molecule has 0 aliphatic carbocycles. The molecule has 0 spiro atoms. The van der Waals surface area contributed by atoms with E-state index in [0.29, 0.717) is 26.9 Å². The van der Waals surface area contributed by atoms with Crippen molar-refractivity contribution in [1.82, 2.24) is 9.71 Å². The second-order valence-corrected chi connectivity index (χ2v) is 13.8. The van der Waals surface area contributed by atoms with Crippen LogP contribution >= 0.6 is 11.3 Å². The Labute approximate surface area is 255 Å². The van der Waals surface area contributed by atoms with Crippen molar-refractivity contribution in [3.63, 3.8) is 0 Å². The average Bonchev–Trinajstić information content (AvgIpc) is 3.39. The first-order valence-electron chi connectivity index (χ1n) is 13.5. The molecule has 43 heavy (non-hydrogen) atoms. The van der Waals surface area contributed by atoms with Crippen molar-refractivity contribution in [3.05, 3.63) is 78.5 Å². The number of carbonyl (C=O) groups is 2. The summed E-state index contributed by atoms with van der Waals surface area (Å²) in [6.45, 7) is 10.7. The Kier molecular flexibility index (Phi) is 9.53. The molecule has 1 heterocycles. The summed E-state index contributed by atoms with van der Waals surface area (Å²) in [6, 6.07) is 18.7. The van der Waals surface area contributed by atoms with Crippen LogP contribution in [0.4, 0.5) is 21.0 Å². The Hall–Kier alpha value is -4.26. The van der Waals surface area contributed by atoms with E-state index in [4.69, 9.17) is 9.47 Å². The number of sulfonamides is 1. The summed E-state index contributed by atoms with van der Waals surface area (Å²) in [7, 11) is -4.02. The van der Waals surface area contributed by atoms with Gasteiger partial charge in [0.15, 0.2) is 0 Å². The minimum absolute atomic E-state index is 0.0195. The average molecular weight is 623 g/mol. The number of anilines is 2. The van der Waals surface area contributed by atoms with Crippen LogP contribution in [0.1, 0.15) is 40.2 Å². The number of ether oxygens (including phenoxy) is 2. The first-order chi connectivity index (χ1) is 20.2. The summed E-state index contributed by atoms with van der Waals surface area (Å²) in [5, 5.41) is 5.94. The minimum Gasteiger partial charge on any atom is -0.447 e. The third-order valence-electron chi connectivity index (χ3n) is 5.68. The number of rotatable bonds is 8. The highest BCUT2D eigenvalue weighted by Crippen LogP contribution is 2.37. The highest BCUT2D eigenvalue weighted by atomic mass is 32.2. The van der Waals surface area contributed by atoms with Gasteiger partial charge < -0.3 is 9.47 Å². The molecule has 10 nitrogen and oxygen atoms in total. The summed E-state index contributed by atoms with van der Waals surface area (Å²) in [4.78, 5) is 29.6. The normalized spacial score (nSPS) is 11.7. The Balaban J connectivity index is 1.61. The van der Waals surface area contributed by atoms with E-state index in [9.17, 15) is 18.0 Å². The molecule has 3 N–H and O–H groups in total. The van der Waals surface area contributed by atoms with Crippen molar-refractivity contribution in [1.29, 1.82) is 0 Å². The number of hydrogen-bond acceptors (Lipinski definition) is 8. The molecule has 0 atom stereocenters. The molecule has 0 aliphatic rings. The number of benzene rings is 3. The molecule has 0 saturated heterocycles. The van der Waals surface area contributed by atoms with E-state index in [1.807, 2.05) is 19.1 Å². The second-order valence-electron chi connectivity index (χ2n) is 11.1. The first kappa shape index (κ1) is 31.7. The van der Waals surface area contributed by atoms with Crippen LogP contribution in [0.3, 0.4) is 0 Å². The SMILES string of the molecule is Cc1ccc(OC(=O)Nc2ccc(-c3cnc(-c4ccc(NC(=O)OC(C)C)cc4)s3)c(S(=O)(=O)NC(C)(C)C)c2)cc1. The monoisotopic (exact) mass is 622 g/mol. The van der Waals surface area contributed by atoms with Crippen molar-refractivity contribution < 1.29 is 27.5 Å². The highest BCUT2D eigenvalue weighted by Gasteiger charge is 2.27. The van der Waals surface area contributed by atoms with Gasteiger partial charge in [-0.2, -0.15) is 0 Å². The molecule has 12 heteroatoms. The lowest BCUT2D eigenvalue weighted by atomic mass is 10.1. The molecule has 0 bridgehead atoms. The van der Waals surface area contributed by atoms with Gasteiger partial charge in [0.2, 0.25) is 10.0 Å². The van der Waals surface area contributed by atoms with Crippen LogP contribution < -0.4 is 20.1 Å². The second kappa shape index (κ2) is 12.9. The summed E-state index contributed by atoms with van der Waals surface area (Å²) in [5.74, 6) is 0.360. The van der Waals surface area contributed by atoms with E-state index in [-0.39, 0.29) is 16.7 Å². The van der Waals surface area contributed by atoms with Crippen molar-refractivity contribution in [3.8, 4) is 26.8 Å². The van der Waals surface area contributed by atoms with E-state index in [1.165, 1.54) is 17.4 Å². The van der Waals surface area contributed by atoms with Crippen molar-refractivity contribution in [2.45, 2.75) is 58.1 Å². The summed E-state index contributed by atoms with van der Waals surface area (Å²) < 4.78 is 40.2. The zero-order chi connectivity index (χ0) is 31.4. The van der Waals surface area contributed by atoms with E-state index in [0.717, 1.165) is 11.1 Å². The zero-order valence-electron chi connectivity index (χ0n) is 24.7. The standard InChI is InChI=1S/C31H34N4O6S2/c1-19(2)40-29(36)33-22-11-9-21(10-12-22)28-32-18-26(42-28)25-16-13-23(17-27(25)43(38,39)35-31(4,5)6)34-30(37)41-24-14-7-20(3)8-15-24/h7-19,35H,1-6H3,(H,33,36)(H,34,37). The maximum atomic E-state index is 13.6. The largest absolute Gasteiger partial charge is 0.447 e. The van der Waals surface area contributed by atoms with Crippen molar-refractivity contribution >= 4 is 44.9 Å². The van der Waals surface area contributed by atoms with E-state index < -0.39 is 27.7 Å². The molecule has 4 rings (SSSR count). The van der Waals surface area contributed by atoms with Gasteiger partial charge in [-0.15, -0.1) is 11.3 Å². The number of hydrogen-bond donors (Lipinski definition) is 3. The van der Waals surface area contributed by atoms with E-state index >= 15 is 0 Å². The number of aryl methyl sites for hydroxylation is 1. The summed E-state index contributed by atoms with van der Waals surface area (Å²) in [5.41, 5.74) is 2.30. The molecule has 0 unspecified atom stereocenters. The zero-order valence-corrected chi connectivity index (χ0v) is 26.4. The van der Waals surface area contributed by atoms with Crippen LogP contribution in [0.5, 0.6) is 5.75 Å². The quantitative estimate of drug-likeness (QED) is 0.186. The molecule has 1 aromatic heterocycles. The van der Waals surface area contributed by atoms with Gasteiger partial charge in [0.1, 0.15) is 10.8 Å². The van der Waals surface area contributed by atoms with Crippen molar-refractivity contribution in [2.24, 2.45) is 0 Å². The van der Waals surface area contributed by atoms with Crippen LogP contribution in [-0.4, -0.2) is 37.2 Å². The topological polar surface area (TPSA) is 136 Å². The van der Waals surface area contributed by atoms with Gasteiger partial charge >= 0.3 is 12.2 Å². The van der Waals surface area contributed by atoms with Crippen molar-refractivity contribution in [2.75, 3.05) is 10.6 Å². The third-order valence-corrected chi connectivity index (χ3v) is 8.56. The minimum atomic E-state index is -4.02. The van der Waals surface area contributed by atoms with E-state index in [2.05, 4.69) is 20.3 Å². The molecular formula is C31H34N4O6S2. The van der Waals surface area contributed by atoms with Gasteiger partial charge in [-0.3, -0.25) is 10.6 Å². The van der Waals surface area contributed by atoms with Crippen LogP contribution in [0.25, 0.3) is 21.0 Å². The van der Waals surface area contributed by atoms with Gasteiger partial charge in [0.25, 0.3) is 0 Å². The smallest absolute Gasteiger partial charge is 0.417 e. The number of carbonyl (C=O) groups excluding carboxylic acids is 2. The fraction of sp³-hybridized carbons (Fsp3) is 0.258. The van der Waals surface area contributed by atoms with Gasteiger partial charge in [0, 0.05) is 34.2 Å². The predicted octanol–water partition coefficient (Wildman–Crippen LogP) is 7.43. The van der Waals surface area contributed by atoms with E-state index in [1.54, 1.807) is 89.3 Å². The number of aromatic nitrogens is 1. The first-order valence-corrected chi connectivity index (χ1v) is 15.8. The van der Waals surface area contributed by atoms with Gasteiger partial charge in [0.05, 0.1) is 15.9 Å². The fourth-order valence-electron chi connectivity index (χ4n) is 3.93. The molecule has 0 saturated carbocycles. The van der Waals surface area contributed by atoms with Gasteiger partial charge in [-0.05, 0) is 90.1 Å². The Bertz CT molecular complexity index is 1710. The molecule has 0 aliphatic heterocycles. The van der Waals surface area contributed by atoms with Crippen LogP contribution in [0.2, 0.25) is 0 Å². The lowest BCUT2D eigenvalue weighted by Gasteiger charge is -2.22. The highest BCUT2D eigenvalue weighted by molar-refractivity contribution is 7.89. The Morgan fingerprint density at radius 1 is 0.884 bits per heavy atom. The third kappa shape index (κ3) is 8.87.